The van der Waals surface area contributed by atoms with Crippen LogP contribution in [-0.2, 0) is 4.74 Å². The molecule has 0 aromatic carbocycles. The van der Waals surface area contributed by atoms with Crippen LogP contribution in [0.15, 0.2) is 0 Å². The Balaban J connectivity index is 2.96. The summed E-state index contributed by atoms with van der Waals surface area (Å²) in [5.74, 6) is 0. The highest BCUT2D eigenvalue weighted by Crippen LogP contribution is 2.61. The van der Waals surface area contributed by atoms with Crippen molar-refractivity contribution in [2.45, 2.75) is 52.7 Å². The van der Waals surface area contributed by atoms with Crippen molar-refractivity contribution in [3.05, 3.63) is 0 Å². The zero-order chi connectivity index (χ0) is 9.78. The summed E-state index contributed by atoms with van der Waals surface area (Å²) in [6.45, 7) is 13.1. The van der Waals surface area contributed by atoms with E-state index in [2.05, 4.69) is 41.5 Å². The SMILES string of the molecule is CC(C)(C)C1(C(C)(C)C)OC1Cl. The van der Waals surface area contributed by atoms with Gasteiger partial charge in [0.25, 0.3) is 0 Å². The van der Waals surface area contributed by atoms with Crippen LogP contribution in [0.2, 0.25) is 0 Å². The number of ether oxygens (including phenoxy) is 1. The predicted octanol–water partition coefficient (Wildman–Crippen LogP) is 3.41. The minimum atomic E-state index is -0.151. The third-order valence-corrected chi connectivity index (χ3v) is 3.18. The molecule has 12 heavy (non-hydrogen) atoms. The van der Waals surface area contributed by atoms with Crippen molar-refractivity contribution >= 4 is 11.6 Å². The minimum Gasteiger partial charge on any atom is -0.348 e. The average Bonchev–Trinajstić information content (AvgIpc) is 2.36. The first-order chi connectivity index (χ1) is 5.13. The first kappa shape index (κ1) is 10.3. The summed E-state index contributed by atoms with van der Waals surface area (Å²) in [6.07, 6.45) is 0. The maximum Gasteiger partial charge on any atom is 0.162 e. The van der Waals surface area contributed by atoms with Gasteiger partial charge in [-0.3, -0.25) is 0 Å². The minimum absolute atomic E-state index is 0.109. The lowest BCUT2D eigenvalue weighted by atomic mass is 9.66. The molecule has 0 aromatic rings. The highest BCUT2D eigenvalue weighted by Gasteiger charge is 2.68. The Morgan fingerprint density at radius 1 is 1.00 bits per heavy atom. The molecule has 0 radical (unpaired) electrons. The van der Waals surface area contributed by atoms with Crippen molar-refractivity contribution in [1.82, 2.24) is 0 Å². The normalized spacial score (nSPS) is 28.8. The van der Waals surface area contributed by atoms with Crippen molar-refractivity contribution in [3.8, 4) is 0 Å². The molecule has 0 spiro atoms. The lowest BCUT2D eigenvalue weighted by Crippen LogP contribution is -2.43. The molecule has 1 aliphatic rings. The van der Waals surface area contributed by atoms with Crippen LogP contribution in [0, 0.1) is 10.8 Å². The highest BCUT2D eigenvalue weighted by atomic mass is 35.5. The van der Waals surface area contributed by atoms with E-state index in [0.717, 1.165) is 0 Å². The van der Waals surface area contributed by atoms with Gasteiger partial charge in [-0.05, 0) is 10.8 Å². The van der Waals surface area contributed by atoms with Gasteiger partial charge < -0.3 is 4.74 Å². The molecule has 0 bridgehead atoms. The Bertz CT molecular complexity index is 171. The Labute approximate surface area is 80.4 Å². The fourth-order valence-electron chi connectivity index (χ4n) is 2.29. The fourth-order valence-corrected chi connectivity index (χ4v) is 3.08. The van der Waals surface area contributed by atoms with E-state index >= 15 is 0 Å². The molecule has 0 N–H and O–H groups in total. The average molecular weight is 191 g/mol. The summed E-state index contributed by atoms with van der Waals surface area (Å²) in [5, 5.41) is 0. The van der Waals surface area contributed by atoms with Gasteiger partial charge in [-0.15, -0.1) is 0 Å². The van der Waals surface area contributed by atoms with Crippen LogP contribution in [0.25, 0.3) is 0 Å². The van der Waals surface area contributed by atoms with Gasteiger partial charge in [0, 0.05) is 0 Å². The van der Waals surface area contributed by atoms with Gasteiger partial charge in [0.2, 0.25) is 0 Å². The molecule has 0 saturated carbocycles. The van der Waals surface area contributed by atoms with E-state index in [0.29, 0.717) is 0 Å². The van der Waals surface area contributed by atoms with Crippen molar-refractivity contribution in [2.24, 2.45) is 10.8 Å². The van der Waals surface area contributed by atoms with Gasteiger partial charge in [-0.1, -0.05) is 53.1 Å². The molecular weight excluding hydrogens is 172 g/mol. The molecule has 0 aliphatic carbocycles. The molecule has 1 fully saturated rings. The van der Waals surface area contributed by atoms with Crippen LogP contribution < -0.4 is 0 Å². The third-order valence-electron chi connectivity index (χ3n) is 2.78. The molecule has 1 nitrogen and oxygen atoms in total. The lowest BCUT2D eigenvalue weighted by molar-refractivity contribution is 0.0488. The number of rotatable bonds is 0. The molecule has 1 unspecified atom stereocenters. The van der Waals surface area contributed by atoms with Gasteiger partial charge in [-0.25, -0.2) is 0 Å². The number of halogens is 1. The predicted molar refractivity (Wildman–Crippen MR) is 52.4 cm³/mol. The summed E-state index contributed by atoms with van der Waals surface area (Å²) >= 11 is 6.06. The molecule has 1 saturated heterocycles. The summed E-state index contributed by atoms with van der Waals surface area (Å²) in [7, 11) is 0. The largest absolute Gasteiger partial charge is 0.348 e. The molecule has 1 aliphatic heterocycles. The van der Waals surface area contributed by atoms with Crippen LogP contribution >= 0.6 is 11.6 Å². The first-order valence-electron chi connectivity index (χ1n) is 4.45. The molecule has 1 atom stereocenters. The van der Waals surface area contributed by atoms with Gasteiger partial charge in [0.15, 0.2) is 5.56 Å². The van der Waals surface area contributed by atoms with Crippen molar-refractivity contribution in [1.29, 1.82) is 0 Å². The van der Waals surface area contributed by atoms with Crippen LogP contribution in [0.5, 0.6) is 0 Å². The zero-order valence-electron chi connectivity index (χ0n) is 8.86. The quantitative estimate of drug-likeness (QED) is 0.421. The fraction of sp³-hybridized carbons (Fsp3) is 1.00. The van der Waals surface area contributed by atoms with Crippen LogP contribution in [0.3, 0.4) is 0 Å². The monoisotopic (exact) mass is 190 g/mol. The molecular formula is C10H19ClO. The second kappa shape index (κ2) is 2.39. The van der Waals surface area contributed by atoms with E-state index in [1.807, 2.05) is 0 Å². The summed E-state index contributed by atoms with van der Waals surface area (Å²) in [4.78, 5) is 0. The van der Waals surface area contributed by atoms with E-state index in [1.165, 1.54) is 0 Å². The maximum atomic E-state index is 6.06. The standard InChI is InChI=1S/C10H19ClO/c1-8(2,3)10(7(11)12-10)9(4,5)6/h7H,1-6H3. The highest BCUT2D eigenvalue weighted by molar-refractivity contribution is 6.22. The van der Waals surface area contributed by atoms with Crippen molar-refractivity contribution in [3.63, 3.8) is 0 Å². The zero-order valence-corrected chi connectivity index (χ0v) is 9.62. The summed E-state index contributed by atoms with van der Waals surface area (Å²) in [6, 6.07) is 0. The second-order valence-electron chi connectivity index (χ2n) is 5.67. The van der Waals surface area contributed by atoms with E-state index in [-0.39, 0.29) is 22.0 Å². The van der Waals surface area contributed by atoms with E-state index in [1.54, 1.807) is 0 Å². The topological polar surface area (TPSA) is 12.5 Å². The Morgan fingerprint density at radius 3 is 1.25 bits per heavy atom. The molecule has 0 amide bonds. The van der Waals surface area contributed by atoms with Crippen molar-refractivity contribution < 1.29 is 4.74 Å². The maximum absolute atomic E-state index is 6.06. The van der Waals surface area contributed by atoms with Crippen LogP contribution in [-0.4, -0.2) is 11.2 Å². The van der Waals surface area contributed by atoms with Gasteiger partial charge in [-0.2, -0.15) is 0 Å². The van der Waals surface area contributed by atoms with E-state index in [4.69, 9.17) is 16.3 Å². The second-order valence-corrected chi connectivity index (χ2v) is 6.07. The number of alkyl halides is 1. The lowest BCUT2D eigenvalue weighted by Gasteiger charge is -2.38. The summed E-state index contributed by atoms with van der Waals surface area (Å²) in [5.41, 5.74) is -0.0471. The molecule has 1 rings (SSSR count). The van der Waals surface area contributed by atoms with Gasteiger partial charge in [0.05, 0.1) is 0 Å². The molecule has 1 heterocycles. The molecule has 72 valence electrons. The molecule has 0 aromatic heterocycles. The van der Waals surface area contributed by atoms with E-state index < -0.39 is 0 Å². The van der Waals surface area contributed by atoms with Crippen LogP contribution in [0.1, 0.15) is 41.5 Å². The Morgan fingerprint density at radius 2 is 1.25 bits per heavy atom. The van der Waals surface area contributed by atoms with Crippen molar-refractivity contribution in [2.75, 3.05) is 0 Å². The van der Waals surface area contributed by atoms with Gasteiger partial charge in [0.1, 0.15) is 5.60 Å². The number of epoxide rings is 1. The number of hydrogen-bond donors (Lipinski definition) is 0. The Kier molecular flexibility index (Phi) is 2.06. The number of hydrogen-bond acceptors (Lipinski definition) is 1. The smallest absolute Gasteiger partial charge is 0.162 e. The summed E-state index contributed by atoms with van der Waals surface area (Å²) < 4.78 is 5.60. The van der Waals surface area contributed by atoms with Crippen LogP contribution in [0.4, 0.5) is 0 Å². The Hall–Kier alpha value is 0.250. The van der Waals surface area contributed by atoms with E-state index in [9.17, 15) is 0 Å². The molecule has 2 heteroatoms. The van der Waals surface area contributed by atoms with Gasteiger partial charge >= 0.3 is 0 Å². The third kappa shape index (κ3) is 1.18. The first-order valence-corrected chi connectivity index (χ1v) is 4.88.